The Morgan fingerprint density at radius 2 is 2.20 bits per heavy atom. The molecule has 5 nitrogen and oxygen atoms in total. The topological polar surface area (TPSA) is 54.0 Å². The Morgan fingerprint density at radius 3 is 2.80 bits per heavy atom. The second-order valence-corrected chi connectivity index (χ2v) is 5.10. The van der Waals surface area contributed by atoms with Crippen molar-refractivity contribution in [2.45, 2.75) is 19.0 Å². The van der Waals surface area contributed by atoms with Gasteiger partial charge in [-0.3, -0.25) is 4.90 Å². The lowest BCUT2D eigenvalue weighted by Gasteiger charge is -2.39. The minimum absolute atomic E-state index is 0.0482. The van der Waals surface area contributed by atoms with E-state index in [1.807, 2.05) is 18.2 Å². The first-order chi connectivity index (χ1) is 9.71. The molecule has 2 N–H and O–H groups in total. The average molecular weight is 280 g/mol. The summed E-state index contributed by atoms with van der Waals surface area (Å²) in [5.41, 5.74) is 1.00. The summed E-state index contributed by atoms with van der Waals surface area (Å²) in [6.45, 7) is 5.05. The summed E-state index contributed by atoms with van der Waals surface area (Å²) in [5.74, 6) is 1.52. The van der Waals surface area contributed by atoms with Crippen LogP contribution in [0.15, 0.2) is 18.2 Å². The third-order valence-electron chi connectivity index (χ3n) is 3.93. The van der Waals surface area contributed by atoms with E-state index in [9.17, 15) is 5.11 Å². The molecule has 1 aliphatic heterocycles. The van der Waals surface area contributed by atoms with Crippen molar-refractivity contribution in [2.75, 3.05) is 40.5 Å². The molecule has 1 aromatic carbocycles. The van der Waals surface area contributed by atoms with E-state index in [-0.39, 0.29) is 12.6 Å². The Bertz CT molecular complexity index is 439. The summed E-state index contributed by atoms with van der Waals surface area (Å²) < 4.78 is 10.7. The molecule has 2 atom stereocenters. The lowest BCUT2D eigenvalue weighted by molar-refractivity contribution is 0.0708. The van der Waals surface area contributed by atoms with Crippen molar-refractivity contribution in [2.24, 2.45) is 0 Å². The first kappa shape index (κ1) is 15.1. The molecule has 0 spiro atoms. The molecular weight excluding hydrogens is 256 g/mol. The summed E-state index contributed by atoms with van der Waals surface area (Å²) in [6.07, 6.45) is 0. The molecule has 0 aromatic heterocycles. The molecule has 0 aliphatic carbocycles. The van der Waals surface area contributed by atoms with Crippen molar-refractivity contribution in [3.63, 3.8) is 0 Å². The molecule has 1 saturated heterocycles. The summed E-state index contributed by atoms with van der Waals surface area (Å²) in [5, 5.41) is 13.2. The van der Waals surface area contributed by atoms with Crippen molar-refractivity contribution in [3.8, 4) is 11.5 Å². The third kappa shape index (κ3) is 3.06. The highest BCUT2D eigenvalue weighted by molar-refractivity contribution is 5.42. The number of nitrogens with one attached hydrogen (secondary N) is 1. The molecule has 0 amide bonds. The lowest BCUT2D eigenvalue weighted by atomic mass is 10.0. The second-order valence-electron chi connectivity index (χ2n) is 5.10. The van der Waals surface area contributed by atoms with E-state index in [2.05, 4.69) is 17.1 Å². The van der Waals surface area contributed by atoms with Crippen LogP contribution in [-0.4, -0.2) is 56.5 Å². The minimum atomic E-state index is -0.0482. The summed E-state index contributed by atoms with van der Waals surface area (Å²) in [7, 11) is 3.28. The number of nitrogens with zero attached hydrogens (tertiary/aromatic N) is 1. The van der Waals surface area contributed by atoms with E-state index in [0.29, 0.717) is 6.04 Å². The van der Waals surface area contributed by atoms with Gasteiger partial charge in [-0.15, -0.1) is 0 Å². The summed E-state index contributed by atoms with van der Waals surface area (Å²) >= 11 is 0. The molecule has 0 saturated carbocycles. The fourth-order valence-corrected chi connectivity index (χ4v) is 2.80. The number of hydrogen-bond acceptors (Lipinski definition) is 5. The molecule has 1 heterocycles. The maximum Gasteiger partial charge on any atom is 0.127 e. The van der Waals surface area contributed by atoms with Gasteiger partial charge in [-0.25, -0.2) is 0 Å². The molecule has 2 rings (SSSR count). The molecule has 2 unspecified atom stereocenters. The van der Waals surface area contributed by atoms with Gasteiger partial charge in [0.2, 0.25) is 0 Å². The first-order valence-electron chi connectivity index (χ1n) is 7.00. The number of benzene rings is 1. The Balaban J connectivity index is 2.30. The van der Waals surface area contributed by atoms with Gasteiger partial charge in [0.05, 0.1) is 26.9 Å². The molecule has 5 heteroatoms. The summed E-state index contributed by atoms with van der Waals surface area (Å²) in [4.78, 5) is 2.32. The zero-order valence-electron chi connectivity index (χ0n) is 12.4. The highest BCUT2D eigenvalue weighted by Gasteiger charge is 2.28. The van der Waals surface area contributed by atoms with Gasteiger partial charge in [-0.05, 0) is 19.1 Å². The molecule has 0 radical (unpaired) electrons. The normalized spacial score (nSPS) is 21.5. The van der Waals surface area contributed by atoms with Crippen molar-refractivity contribution >= 4 is 0 Å². The molecule has 112 valence electrons. The van der Waals surface area contributed by atoms with Gasteiger partial charge in [0.15, 0.2) is 0 Å². The van der Waals surface area contributed by atoms with Gasteiger partial charge in [0, 0.05) is 37.3 Å². The van der Waals surface area contributed by atoms with E-state index in [1.54, 1.807) is 14.2 Å². The fourth-order valence-electron chi connectivity index (χ4n) is 2.80. The van der Waals surface area contributed by atoms with Crippen LogP contribution in [0.2, 0.25) is 0 Å². The molecule has 1 fully saturated rings. The highest BCUT2D eigenvalue weighted by atomic mass is 16.5. The Kier molecular flexibility index (Phi) is 5.23. The molecule has 1 aromatic rings. The van der Waals surface area contributed by atoms with Crippen molar-refractivity contribution < 1.29 is 14.6 Å². The number of aliphatic hydroxyl groups excluding tert-OH is 1. The monoisotopic (exact) mass is 280 g/mol. The number of methoxy groups -OCH3 is 2. The van der Waals surface area contributed by atoms with E-state index < -0.39 is 0 Å². The zero-order chi connectivity index (χ0) is 14.5. The van der Waals surface area contributed by atoms with Crippen LogP contribution in [0.1, 0.15) is 18.5 Å². The van der Waals surface area contributed by atoms with E-state index in [0.717, 1.165) is 36.7 Å². The van der Waals surface area contributed by atoms with E-state index in [4.69, 9.17) is 9.47 Å². The average Bonchev–Trinajstić information content (AvgIpc) is 2.50. The van der Waals surface area contributed by atoms with Crippen LogP contribution in [0.5, 0.6) is 11.5 Å². The van der Waals surface area contributed by atoms with Gasteiger partial charge in [-0.1, -0.05) is 0 Å². The third-order valence-corrected chi connectivity index (χ3v) is 3.93. The van der Waals surface area contributed by atoms with Crippen molar-refractivity contribution in [1.29, 1.82) is 0 Å². The van der Waals surface area contributed by atoms with Crippen LogP contribution in [-0.2, 0) is 0 Å². The smallest absolute Gasteiger partial charge is 0.127 e. The molecule has 0 bridgehead atoms. The number of rotatable bonds is 5. The Hall–Kier alpha value is -1.30. The van der Waals surface area contributed by atoms with Crippen LogP contribution in [0.25, 0.3) is 0 Å². The van der Waals surface area contributed by atoms with Crippen molar-refractivity contribution in [1.82, 2.24) is 10.2 Å². The van der Waals surface area contributed by atoms with Gasteiger partial charge in [-0.2, -0.15) is 0 Å². The lowest BCUT2D eigenvalue weighted by Crippen LogP contribution is -2.51. The SMILES string of the molecule is COc1ccc(C(CO)N2CCNCC2C)c(OC)c1. The van der Waals surface area contributed by atoms with Crippen LogP contribution < -0.4 is 14.8 Å². The number of aliphatic hydroxyl groups is 1. The van der Waals surface area contributed by atoms with Crippen LogP contribution in [0.4, 0.5) is 0 Å². The highest BCUT2D eigenvalue weighted by Crippen LogP contribution is 2.33. The fraction of sp³-hybridized carbons (Fsp3) is 0.600. The maximum absolute atomic E-state index is 9.85. The Labute approximate surface area is 120 Å². The number of ether oxygens (including phenoxy) is 2. The van der Waals surface area contributed by atoms with E-state index in [1.165, 1.54) is 0 Å². The maximum atomic E-state index is 9.85. The largest absolute Gasteiger partial charge is 0.497 e. The number of piperazine rings is 1. The molecule has 20 heavy (non-hydrogen) atoms. The molecular formula is C15H24N2O3. The van der Waals surface area contributed by atoms with Crippen LogP contribution >= 0.6 is 0 Å². The molecule has 1 aliphatic rings. The standard InChI is InChI=1S/C15H24N2O3/c1-11-9-16-6-7-17(11)14(10-18)13-5-4-12(19-2)8-15(13)20-3/h4-5,8,11,14,16,18H,6-7,9-10H2,1-3H3. The van der Waals surface area contributed by atoms with Crippen molar-refractivity contribution in [3.05, 3.63) is 23.8 Å². The van der Waals surface area contributed by atoms with Crippen LogP contribution in [0, 0.1) is 0 Å². The zero-order valence-corrected chi connectivity index (χ0v) is 12.4. The predicted molar refractivity (Wildman–Crippen MR) is 78.4 cm³/mol. The summed E-state index contributed by atoms with van der Waals surface area (Å²) in [6, 6.07) is 6.09. The van der Waals surface area contributed by atoms with Gasteiger partial charge in [0.25, 0.3) is 0 Å². The quantitative estimate of drug-likeness (QED) is 0.844. The second kappa shape index (κ2) is 6.92. The Morgan fingerprint density at radius 1 is 1.40 bits per heavy atom. The first-order valence-corrected chi connectivity index (χ1v) is 7.00. The van der Waals surface area contributed by atoms with E-state index >= 15 is 0 Å². The van der Waals surface area contributed by atoms with Gasteiger partial charge in [0.1, 0.15) is 11.5 Å². The van der Waals surface area contributed by atoms with Crippen LogP contribution in [0.3, 0.4) is 0 Å². The van der Waals surface area contributed by atoms with Gasteiger partial charge >= 0.3 is 0 Å². The predicted octanol–water partition coefficient (Wildman–Crippen LogP) is 1.03. The van der Waals surface area contributed by atoms with Gasteiger partial charge < -0.3 is 19.9 Å². The minimum Gasteiger partial charge on any atom is -0.497 e. The number of hydrogen-bond donors (Lipinski definition) is 2.